The number of ether oxygens (including phenoxy) is 2. The molecule has 0 unspecified atom stereocenters. The van der Waals surface area contributed by atoms with Gasteiger partial charge < -0.3 is 9.47 Å². The average Bonchev–Trinajstić information content (AvgIpc) is 2.50. The zero-order chi connectivity index (χ0) is 15.6. The molecule has 110 valence electrons. The lowest BCUT2D eigenvalue weighted by Crippen LogP contribution is -2.10. The van der Waals surface area contributed by atoms with Crippen LogP contribution in [0.3, 0.4) is 0 Å². The molecule has 0 bridgehead atoms. The smallest absolute Gasteiger partial charge is 0.202 e. The standard InChI is InChI=1S/C16H14F2O3/c1-9-7-8-11(17)13(14(9)18)15(19)10-5-4-6-12(20-2)16(10)21-3/h4-8H,1-3H3. The van der Waals surface area contributed by atoms with E-state index in [0.717, 1.165) is 6.07 Å². The highest BCUT2D eigenvalue weighted by molar-refractivity contribution is 6.11. The van der Waals surface area contributed by atoms with Crippen molar-refractivity contribution in [2.24, 2.45) is 0 Å². The number of aryl methyl sites for hydroxylation is 1. The third kappa shape index (κ3) is 2.59. The molecule has 0 radical (unpaired) electrons. The third-order valence-electron chi connectivity index (χ3n) is 3.16. The Balaban J connectivity index is 2.64. The molecule has 0 aliphatic carbocycles. The molecule has 2 aromatic rings. The number of hydrogen-bond donors (Lipinski definition) is 0. The van der Waals surface area contributed by atoms with E-state index in [1.54, 1.807) is 12.1 Å². The number of ketones is 1. The molecule has 0 fully saturated rings. The molecule has 5 heteroatoms. The minimum absolute atomic E-state index is 0.0419. The number of benzene rings is 2. The largest absolute Gasteiger partial charge is 0.493 e. The quantitative estimate of drug-likeness (QED) is 0.809. The summed E-state index contributed by atoms with van der Waals surface area (Å²) in [7, 11) is 2.78. The number of carbonyl (C=O) groups excluding carboxylic acids is 1. The molecule has 0 saturated heterocycles. The highest BCUT2D eigenvalue weighted by Gasteiger charge is 2.24. The average molecular weight is 292 g/mol. The molecule has 0 spiro atoms. The van der Waals surface area contributed by atoms with Crippen LogP contribution in [0.15, 0.2) is 30.3 Å². The molecule has 0 N–H and O–H groups in total. The Morgan fingerprint density at radius 2 is 1.76 bits per heavy atom. The maximum atomic E-state index is 14.1. The second kappa shape index (κ2) is 5.91. The van der Waals surface area contributed by atoms with Gasteiger partial charge in [-0.2, -0.15) is 0 Å². The highest BCUT2D eigenvalue weighted by atomic mass is 19.1. The first-order chi connectivity index (χ1) is 10.0. The zero-order valence-corrected chi connectivity index (χ0v) is 11.9. The van der Waals surface area contributed by atoms with Crippen LogP contribution in [-0.2, 0) is 0 Å². The van der Waals surface area contributed by atoms with Gasteiger partial charge in [-0.3, -0.25) is 4.79 Å². The van der Waals surface area contributed by atoms with E-state index in [0.29, 0.717) is 5.75 Å². The van der Waals surface area contributed by atoms with Crippen molar-refractivity contribution in [3.8, 4) is 11.5 Å². The van der Waals surface area contributed by atoms with E-state index in [1.807, 2.05) is 0 Å². The fraction of sp³-hybridized carbons (Fsp3) is 0.188. The normalized spacial score (nSPS) is 10.3. The minimum Gasteiger partial charge on any atom is -0.493 e. The lowest BCUT2D eigenvalue weighted by atomic mass is 9.99. The maximum absolute atomic E-state index is 14.1. The van der Waals surface area contributed by atoms with Gasteiger partial charge in [0.25, 0.3) is 0 Å². The predicted octanol–water partition coefficient (Wildman–Crippen LogP) is 3.52. The fourth-order valence-electron chi connectivity index (χ4n) is 2.07. The topological polar surface area (TPSA) is 35.5 Å². The highest BCUT2D eigenvalue weighted by Crippen LogP contribution is 2.33. The molecular formula is C16H14F2O3. The number of halogens is 2. The van der Waals surface area contributed by atoms with Gasteiger partial charge in [0.05, 0.1) is 25.3 Å². The molecule has 0 aromatic heterocycles. The van der Waals surface area contributed by atoms with E-state index < -0.39 is 23.0 Å². The van der Waals surface area contributed by atoms with Gasteiger partial charge in [0, 0.05) is 0 Å². The first-order valence-corrected chi connectivity index (χ1v) is 6.21. The van der Waals surface area contributed by atoms with Crippen LogP contribution < -0.4 is 9.47 Å². The number of rotatable bonds is 4. The molecule has 2 aromatic carbocycles. The Morgan fingerprint density at radius 1 is 1.05 bits per heavy atom. The summed E-state index contributed by atoms with van der Waals surface area (Å²) in [5.41, 5.74) is -0.358. The molecule has 3 nitrogen and oxygen atoms in total. The van der Waals surface area contributed by atoms with Crippen molar-refractivity contribution in [1.29, 1.82) is 0 Å². The van der Waals surface area contributed by atoms with Crippen LogP contribution in [-0.4, -0.2) is 20.0 Å². The van der Waals surface area contributed by atoms with E-state index >= 15 is 0 Å². The zero-order valence-electron chi connectivity index (χ0n) is 11.9. The summed E-state index contributed by atoms with van der Waals surface area (Å²) in [5, 5.41) is 0. The summed E-state index contributed by atoms with van der Waals surface area (Å²) in [6, 6.07) is 6.94. The molecule has 0 aliphatic heterocycles. The van der Waals surface area contributed by atoms with E-state index in [9.17, 15) is 13.6 Å². The molecular weight excluding hydrogens is 278 g/mol. The Bertz CT molecular complexity index is 696. The van der Waals surface area contributed by atoms with Gasteiger partial charge in [0.2, 0.25) is 5.78 Å². The molecule has 21 heavy (non-hydrogen) atoms. The summed E-state index contributed by atoms with van der Waals surface area (Å²) in [6.07, 6.45) is 0. The van der Waals surface area contributed by atoms with Crippen LogP contribution in [0.4, 0.5) is 8.78 Å². The summed E-state index contributed by atoms with van der Waals surface area (Å²) >= 11 is 0. The van der Waals surface area contributed by atoms with Gasteiger partial charge in [-0.15, -0.1) is 0 Å². The van der Waals surface area contributed by atoms with Gasteiger partial charge in [-0.25, -0.2) is 8.78 Å². The third-order valence-corrected chi connectivity index (χ3v) is 3.16. The number of carbonyl (C=O) groups is 1. The minimum atomic E-state index is -0.909. The molecule has 0 heterocycles. The first kappa shape index (κ1) is 15.0. The van der Waals surface area contributed by atoms with E-state index in [2.05, 4.69) is 0 Å². The lowest BCUT2D eigenvalue weighted by molar-refractivity contribution is 0.102. The number of hydrogen-bond acceptors (Lipinski definition) is 3. The van der Waals surface area contributed by atoms with Gasteiger partial charge in [-0.05, 0) is 30.7 Å². The van der Waals surface area contributed by atoms with Gasteiger partial charge in [0.15, 0.2) is 11.5 Å². The van der Waals surface area contributed by atoms with Crippen molar-refractivity contribution < 1.29 is 23.0 Å². The van der Waals surface area contributed by atoms with Crippen LogP contribution in [0, 0.1) is 18.6 Å². The summed E-state index contributed by atoms with van der Waals surface area (Å²) in [5.74, 6) is -2.11. The van der Waals surface area contributed by atoms with E-state index in [-0.39, 0.29) is 16.9 Å². The summed E-state index contributed by atoms with van der Waals surface area (Å²) in [4.78, 5) is 12.5. The Labute approximate surface area is 121 Å². The monoisotopic (exact) mass is 292 g/mol. The van der Waals surface area contributed by atoms with Crippen LogP contribution in [0.25, 0.3) is 0 Å². The summed E-state index contributed by atoms with van der Waals surface area (Å²) in [6.45, 7) is 1.47. The Kier molecular flexibility index (Phi) is 4.21. The SMILES string of the molecule is COc1cccc(C(=O)c2c(F)ccc(C)c2F)c1OC. The van der Waals surface area contributed by atoms with Crippen LogP contribution in [0.1, 0.15) is 21.5 Å². The first-order valence-electron chi connectivity index (χ1n) is 6.21. The van der Waals surface area contributed by atoms with Gasteiger partial charge in [-0.1, -0.05) is 12.1 Å². The molecule has 0 amide bonds. The molecule has 0 saturated carbocycles. The van der Waals surface area contributed by atoms with Crippen LogP contribution in [0.5, 0.6) is 11.5 Å². The van der Waals surface area contributed by atoms with Crippen molar-refractivity contribution >= 4 is 5.78 Å². The lowest BCUT2D eigenvalue weighted by Gasteiger charge is -2.13. The number of methoxy groups -OCH3 is 2. The molecule has 2 rings (SSSR count). The molecule has 0 atom stereocenters. The van der Waals surface area contributed by atoms with Crippen molar-refractivity contribution in [2.45, 2.75) is 6.92 Å². The second-order valence-corrected chi connectivity index (χ2v) is 4.42. The predicted molar refractivity (Wildman–Crippen MR) is 74.1 cm³/mol. The Hall–Kier alpha value is -2.43. The van der Waals surface area contributed by atoms with Crippen LogP contribution in [0.2, 0.25) is 0 Å². The summed E-state index contributed by atoms with van der Waals surface area (Å²) < 4.78 is 38.1. The van der Waals surface area contributed by atoms with E-state index in [1.165, 1.54) is 33.3 Å². The van der Waals surface area contributed by atoms with Crippen molar-refractivity contribution in [2.75, 3.05) is 14.2 Å². The Morgan fingerprint density at radius 3 is 2.38 bits per heavy atom. The van der Waals surface area contributed by atoms with E-state index in [4.69, 9.17) is 9.47 Å². The van der Waals surface area contributed by atoms with Gasteiger partial charge in [0.1, 0.15) is 11.6 Å². The maximum Gasteiger partial charge on any atom is 0.202 e. The van der Waals surface area contributed by atoms with Crippen molar-refractivity contribution in [3.05, 3.63) is 58.7 Å². The molecule has 0 aliphatic rings. The van der Waals surface area contributed by atoms with Gasteiger partial charge >= 0.3 is 0 Å². The fourth-order valence-corrected chi connectivity index (χ4v) is 2.07. The number of para-hydroxylation sites is 1. The van der Waals surface area contributed by atoms with Crippen LogP contribution >= 0.6 is 0 Å². The van der Waals surface area contributed by atoms with Crippen molar-refractivity contribution in [1.82, 2.24) is 0 Å². The van der Waals surface area contributed by atoms with Crippen molar-refractivity contribution in [3.63, 3.8) is 0 Å². The second-order valence-electron chi connectivity index (χ2n) is 4.42.